The minimum Gasteiger partial charge on any atom is -0.459 e. The first-order chi connectivity index (χ1) is 7.66. The molecule has 1 aromatic heterocycles. The van der Waals surface area contributed by atoms with Gasteiger partial charge in [0.25, 0.3) is 5.91 Å². The molecule has 3 heteroatoms. The molecule has 2 rings (SSSR count). The fraction of sp³-hybridized carbons (Fsp3) is 0.154. The molecule has 16 heavy (non-hydrogen) atoms. The largest absolute Gasteiger partial charge is 0.459 e. The number of rotatable bonds is 2. The molecule has 3 nitrogen and oxygen atoms in total. The number of hydrogen-bond acceptors (Lipinski definition) is 2. The van der Waals surface area contributed by atoms with Gasteiger partial charge in [0.2, 0.25) is 0 Å². The molecule has 0 fully saturated rings. The van der Waals surface area contributed by atoms with Crippen LogP contribution in [0, 0.1) is 13.8 Å². The molecule has 0 aliphatic carbocycles. The van der Waals surface area contributed by atoms with Gasteiger partial charge in [-0.15, -0.1) is 0 Å². The van der Waals surface area contributed by atoms with E-state index in [1.54, 1.807) is 6.07 Å². The third kappa shape index (κ3) is 2.14. The molecule has 0 saturated heterocycles. The van der Waals surface area contributed by atoms with Crippen molar-refractivity contribution in [1.82, 2.24) is 0 Å². The van der Waals surface area contributed by atoms with E-state index in [0.717, 1.165) is 16.8 Å². The normalized spacial score (nSPS) is 10.1. The van der Waals surface area contributed by atoms with Crippen molar-refractivity contribution in [2.75, 3.05) is 5.32 Å². The van der Waals surface area contributed by atoms with Crippen molar-refractivity contribution in [3.63, 3.8) is 0 Å². The molecule has 1 amide bonds. The first kappa shape index (κ1) is 10.5. The van der Waals surface area contributed by atoms with Crippen molar-refractivity contribution in [2.24, 2.45) is 0 Å². The zero-order valence-corrected chi connectivity index (χ0v) is 9.28. The maximum atomic E-state index is 11.8. The molecule has 0 aliphatic heterocycles. The second kappa shape index (κ2) is 4.23. The van der Waals surface area contributed by atoms with Gasteiger partial charge >= 0.3 is 0 Å². The van der Waals surface area contributed by atoms with Gasteiger partial charge in [0.15, 0.2) is 5.76 Å². The molecule has 1 N–H and O–H groups in total. The fourth-order valence-corrected chi connectivity index (χ4v) is 1.43. The number of amides is 1. The van der Waals surface area contributed by atoms with E-state index in [4.69, 9.17) is 4.42 Å². The summed E-state index contributed by atoms with van der Waals surface area (Å²) in [7, 11) is 0. The second-order valence-corrected chi connectivity index (χ2v) is 3.75. The van der Waals surface area contributed by atoms with Crippen molar-refractivity contribution in [2.45, 2.75) is 13.8 Å². The summed E-state index contributed by atoms with van der Waals surface area (Å²) in [4.78, 5) is 11.8. The molecule has 0 bridgehead atoms. The van der Waals surface area contributed by atoms with Crippen LogP contribution in [0.5, 0.6) is 0 Å². The van der Waals surface area contributed by atoms with E-state index >= 15 is 0 Å². The minimum atomic E-state index is -0.216. The molecule has 0 unspecified atom stereocenters. The van der Waals surface area contributed by atoms with E-state index in [1.807, 2.05) is 38.1 Å². The van der Waals surface area contributed by atoms with Crippen LogP contribution >= 0.6 is 0 Å². The van der Waals surface area contributed by atoms with Gasteiger partial charge in [-0.05, 0) is 32.0 Å². The van der Waals surface area contributed by atoms with Crippen LogP contribution in [0.3, 0.4) is 0 Å². The number of furan rings is 1. The Hall–Kier alpha value is -2.03. The number of carbonyl (C=O) groups is 1. The Morgan fingerprint density at radius 3 is 2.38 bits per heavy atom. The summed E-state index contributed by atoms with van der Waals surface area (Å²) in [6, 6.07) is 9.40. The summed E-state index contributed by atoms with van der Waals surface area (Å²) in [6.45, 7) is 3.84. The fourth-order valence-electron chi connectivity index (χ4n) is 1.43. The average Bonchev–Trinajstić information content (AvgIpc) is 2.68. The molecular formula is C13H13NO2. The predicted octanol–water partition coefficient (Wildman–Crippen LogP) is 3.15. The van der Waals surface area contributed by atoms with Gasteiger partial charge in [0.05, 0.1) is 6.26 Å². The lowest BCUT2D eigenvalue weighted by Gasteiger charge is -2.03. The first-order valence-corrected chi connectivity index (χ1v) is 5.09. The maximum Gasteiger partial charge on any atom is 0.291 e. The number of anilines is 1. The number of hydrogen-bond donors (Lipinski definition) is 1. The van der Waals surface area contributed by atoms with E-state index in [1.165, 1.54) is 6.26 Å². The zero-order chi connectivity index (χ0) is 11.5. The Morgan fingerprint density at radius 2 is 1.81 bits per heavy atom. The highest BCUT2D eigenvalue weighted by Crippen LogP contribution is 2.13. The Balaban J connectivity index is 2.14. The van der Waals surface area contributed by atoms with Crippen LogP contribution in [0.4, 0.5) is 5.69 Å². The Morgan fingerprint density at radius 1 is 1.12 bits per heavy atom. The van der Waals surface area contributed by atoms with Crippen molar-refractivity contribution in [1.29, 1.82) is 0 Å². The van der Waals surface area contributed by atoms with Crippen LogP contribution in [0.2, 0.25) is 0 Å². The molecule has 0 spiro atoms. The summed E-state index contributed by atoms with van der Waals surface area (Å²) < 4.78 is 5.11. The topological polar surface area (TPSA) is 42.2 Å². The Bertz CT molecular complexity index is 497. The predicted molar refractivity (Wildman–Crippen MR) is 62.6 cm³/mol. The smallest absolute Gasteiger partial charge is 0.291 e. The average molecular weight is 215 g/mol. The summed E-state index contributed by atoms with van der Waals surface area (Å²) >= 11 is 0. The number of aryl methyl sites for hydroxylation is 2. The molecule has 0 radical (unpaired) electrons. The Kier molecular flexibility index (Phi) is 2.77. The highest BCUT2D eigenvalue weighted by atomic mass is 16.3. The lowest BCUT2D eigenvalue weighted by atomic mass is 10.2. The van der Waals surface area contributed by atoms with Crippen molar-refractivity contribution in [3.05, 3.63) is 53.5 Å². The van der Waals surface area contributed by atoms with Crippen LogP contribution in [-0.2, 0) is 0 Å². The van der Waals surface area contributed by atoms with Crippen LogP contribution in [0.25, 0.3) is 0 Å². The maximum absolute atomic E-state index is 11.8. The van der Waals surface area contributed by atoms with E-state index < -0.39 is 0 Å². The second-order valence-electron chi connectivity index (χ2n) is 3.75. The number of carbonyl (C=O) groups excluding carboxylic acids is 1. The van der Waals surface area contributed by atoms with Gasteiger partial charge in [-0.2, -0.15) is 0 Å². The molecule has 82 valence electrons. The summed E-state index contributed by atoms with van der Waals surface area (Å²) in [5.74, 6) is 0.145. The van der Waals surface area contributed by atoms with Gasteiger partial charge < -0.3 is 9.73 Å². The molecule has 2 aromatic rings. The lowest BCUT2D eigenvalue weighted by molar-refractivity contribution is 0.0996. The molecular weight excluding hydrogens is 202 g/mol. The van der Waals surface area contributed by atoms with E-state index in [-0.39, 0.29) is 5.91 Å². The van der Waals surface area contributed by atoms with Crippen molar-refractivity contribution < 1.29 is 9.21 Å². The van der Waals surface area contributed by atoms with Gasteiger partial charge in [-0.3, -0.25) is 4.79 Å². The highest BCUT2D eigenvalue weighted by molar-refractivity contribution is 6.03. The van der Waals surface area contributed by atoms with Crippen LogP contribution < -0.4 is 5.32 Å². The van der Waals surface area contributed by atoms with E-state index in [0.29, 0.717) is 5.76 Å². The monoisotopic (exact) mass is 215 g/mol. The third-order valence-corrected chi connectivity index (χ3v) is 2.38. The van der Waals surface area contributed by atoms with Crippen LogP contribution in [-0.4, -0.2) is 5.91 Å². The highest BCUT2D eigenvalue weighted by Gasteiger charge is 2.12. The van der Waals surface area contributed by atoms with Gasteiger partial charge in [0.1, 0.15) is 0 Å². The van der Waals surface area contributed by atoms with E-state index in [2.05, 4.69) is 5.32 Å². The van der Waals surface area contributed by atoms with Crippen LogP contribution in [0.1, 0.15) is 21.7 Å². The minimum absolute atomic E-state index is 0.216. The summed E-state index contributed by atoms with van der Waals surface area (Å²) in [5, 5.41) is 2.78. The van der Waals surface area contributed by atoms with Gasteiger partial charge in [0, 0.05) is 11.3 Å². The Labute approximate surface area is 94.1 Å². The molecule has 1 aromatic carbocycles. The lowest BCUT2D eigenvalue weighted by Crippen LogP contribution is -2.11. The molecule has 0 aliphatic rings. The summed E-state index contributed by atoms with van der Waals surface area (Å²) in [5.41, 5.74) is 2.77. The SMILES string of the molecule is Cc1ccc(NC(=O)c2occc2C)cc1. The van der Waals surface area contributed by atoms with Crippen molar-refractivity contribution >= 4 is 11.6 Å². The number of benzene rings is 1. The van der Waals surface area contributed by atoms with Gasteiger partial charge in [-0.25, -0.2) is 0 Å². The first-order valence-electron chi connectivity index (χ1n) is 5.09. The quantitative estimate of drug-likeness (QED) is 0.836. The standard InChI is InChI=1S/C13H13NO2/c1-9-3-5-11(6-4-9)14-13(15)12-10(2)7-8-16-12/h3-8H,1-2H3,(H,14,15). The van der Waals surface area contributed by atoms with Crippen LogP contribution in [0.15, 0.2) is 41.0 Å². The number of nitrogens with one attached hydrogen (secondary N) is 1. The van der Waals surface area contributed by atoms with E-state index in [9.17, 15) is 4.79 Å². The van der Waals surface area contributed by atoms with Crippen molar-refractivity contribution in [3.8, 4) is 0 Å². The molecule has 0 saturated carbocycles. The van der Waals surface area contributed by atoms with Gasteiger partial charge in [-0.1, -0.05) is 17.7 Å². The molecule has 0 atom stereocenters. The third-order valence-electron chi connectivity index (χ3n) is 2.38. The molecule has 1 heterocycles. The summed E-state index contributed by atoms with van der Waals surface area (Å²) in [6.07, 6.45) is 1.51. The zero-order valence-electron chi connectivity index (χ0n) is 9.28.